The molecule has 0 spiro atoms. The van der Waals surface area contributed by atoms with Gasteiger partial charge in [-0.3, -0.25) is 9.59 Å². The molecular formula is C21H24N2O2. The minimum Gasteiger partial charge on any atom is -0.326 e. The molecule has 4 heteroatoms. The van der Waals surface area contributed by atoms with Crippen molar-refractivity contribution in [3.63, 3.8) is 0 Å². The van der Waals surface area contributed by atoms with Crippen LogP contribution in [0.4, 0.5) is 11.4 Å². The van der Waals surface area contributed by atoms with E-state index in [0.29, 0.717) is 6.54 Å². The van der Waals surface area contributed by atoms with E-state index in [0.717, 1.165) is 33.6 Å². The lowest BCUT2D eigenvalue weighted by Gasteiger charge is -2.20. The summed E-state index contributed by atoms with van der Waals surface area (Å²) in [6, 6.07) is 12.0. The van der Waals surface area contributed by atoms with Crippen molar-refractivity contribution < 1.29 is 9.59 Å². The number of anilines is 2. The summed E-state index contributed by atoms with van der Waals surface area (Å²) in [6.07, 6.45) is 0.254. The van der Waals surface area contributed by atoms with Crippen LogP contribution < -0.4 is 10.2 Å². The van der Waals surface area contributed by atoms with E-state index in [1.54, 1.807) is 4.90 Å². The number of nitrogens with zero attached hydrogens (tertiary/aromatic N) is 1. The number of amides is 2. The third-order valence-electron chi connectivity index (χ3n) is 4.80. The molecule has 1 aliphatic rings. The highest BCUT2D eigenvalue weighted by molar-refractivity contribution is 6.04. The van der Waals surface area contributed by atoms with Crippen LogP contribution in [0, 0.1) is 33.6 Å². The third-order valence-corrected chi connectivity index (χ3v) is 4.80. The van der Waals surface area contributed by atoms with E-state index in [-0.39, 0.29) is 24.2 Å². The Labute approximate surface area is 148 Å². The van der Waals surface area contributed by atoms with Crippen LogP contribution >= 0.6 is 0 Å². The standard InChI is InChI=1S/C21H24N2O2/c1-13-5-7-15(3)18(9-13)22-21(25)17-11-20(24)23(12-17)19-10-14(2)6-8-16(19)4/h5-10,17H,11-12H2,1-4H3,(H,22,25)/t17-/m1/s1. The molecule has 0 saturated carbocycles. The van der Waals surface area contributed by atoms with Crippen molar-refractivity contribution in [2.24, 2.45) is 5.92 Å². The largest absolute Gasteiger partial charge is 0.326 e. The Kier molecular flexibility index (Phi) is 4.62. The van der Waals surface area contributed by atoms with Gasteiger partial charge in [0.15, 0.2) is 0 Å². The summed E-state index contributed by atoms with van der Waals surface area (Å²) in [5.41, 5.74) is 6.01. The highest BCUT2D eigenvalue weighted by atomic mass is 16.2. The number of hydrogen-bond donors (Lipinski definition) is 1. The average Bonchev–Trinajstić information content (AvgIpc) is 2.95. The molecular weight excluding hydrogens is 312 g/mol. The lowest BCUT2D eigenvalue weighted by atomic mass is 10.1. The van der Waals surface area contributed by atoms with Gasteiger partial charge in [-0.15, -0.1) is 0 Å². The zero-order valence-electron chi connectivity index (χ0n) is 15.2. The Morgan fingerprint density at radius 3 is 2.36 bits per heavy atom. The third kappa shape index (κ3) is 3.58. The van der Waals surface area contributed by atoms with Gasteiger partial charge in [0.1, 0.15) is 0 Å². The van der Waals surface area contributed by atoms with E-state index in [1.165, 1.54) is 0 Å². The van der Waals surface area contributed by atoms with E-state index >= 15 is 0 Å². The van der Waals surface area contributed by atoms with Crippen LogP contribution in [-0.2, 0) is 9.59 Å². The highest BCUT2D eigenvalue weighted by Crippen LogP contribution is 2.29. The van der Waals surface area contributed by atoms with Crippen LogP contribution in [0.25, 0.3) is 0 Å². The second-order valence-electron chi connectivity index (χ2n) is 7.00. The molecule has 0 bridgehead atoms. The Morgan fingerprint density at radius 1 is 1.00 bits per heavy atom. The molecule has 1 saturated heterocycles. The Bertz CT molecular complexity index is 842. The summed E-state index contributed by atoms with van der Waals surface area (Å²) < 4.78 is 0. The van der Waals surface area contributed by atoms with Crippen molar-refractivity contribution in [3.8, 4) is 0 Å². The Morgan fingerprint density at radius 2 is 1.64 bits per heavy atom. The maximum atomic E-state index is 12.7. The topological polar surface area (TPSA) is 49.4 Å². The van der Waals surface area contributed by atoms with Crippen molar-refractivity contribution in [2.75, 3.05) is 16.8 Å². The van der Waals surface area contributed by atoms with Crippen LogP contribution in [0.1, 0.15) is 28.7 Å². The van der Waals surface area contributed by atoms with E-state index in [2.05, 4.69) is 5.32 Å². The molecule has 2 aromatic rings. The van der Waals surface area contributed by atoms with Crippen LogP contribution in [0.2, 0.25) is 0 Å². The van der Waals surface area contributed by atoms with E-state index in [1.807, 2.05) is 64.1 Å². The molecule has 4 nitrogen and oxygen atoms in total. The molecule has 0 unspecified atom stereocenters. The summed E-state index contributed by atoms with van der Waals surface area (Å²) >= 11 is 0. The smallest absolute Gasteiger partial charge is 0.229 e. The summed E-state index contributed by atoms with van der Waals surface area (Å²) in [5.74, 6) is -0.406. The molecule has 1 fully saturated rings. The summed E-state index contributed by atoms with van der Waals surface area (Å²) in [4.78, 5) is 26.9. The quantitative estimate of drug-likeness (QED) is 0.924. The molecule has 2 aromatic carbocycles. The average molecular weight is 336 g/mol. The van der Waals surface area contributed by atoms with Gasteiger partial charge in [-0.1, -0.05) is 24.3 Å². The zero-order valence-corrected chi connectivity index (χ0v) is 15.2. The normalized spacial score (nSPS) is 17.0. The number of hydrogen-bond acceptors (Lipinski definition) is 2. The second-order valence-corrected chi connectivity index (χ2v) is 7.00. The molecule has 25 heavy (non-hydrogen) atoms. The lowest BCUT2D eigenvalue weighted by Crippen LogP contribution is -2.28. The summed E-state index contributed by atoms with van der Waals surface area (Å²) in [6.45, 7) is 8.40. The number of carbonyl (C=O) groups excluding carboxylic acids is 2. The summed E-state index contributed by atoms with van der Waals surface area (Å²) in [5, 5.41) is 2.99. The predicted molar refractivity (Wildman–Crippen MR) is 101 cm³/mol. The lowest BCUT2D eigenvalue weighted by molar-refractivity contribution is -0.122. The first-order chi connectivity index (χ1) is 11.8. The molecule has 1 aliphatic heterocycles. The van der Waals surface area contributed by atoms with Gasteiger partial charge in [0, 0.05) is 24.3 Å². The molecule has 0 radical (unpaired) electrons. The van der Waals surface area contributed by atoms with Crippen LogP contribution in [-0.4, -0.2) is 18.4 Å². The van der Waals surface area contributed by atoms with E-state index in [9.17, 15) is 9.59 Å². The number of rotatable bonds is 3. The molecule has 0 aliphatic carbocycles. The number of carbonyl (C=O) groups is 2. The molecule has 1 heterocycles. The Hall–Kier alpha value is -2.62. The fraction of sp³-hybridized carbons (Fsp3) is 0.333. The van der Waals surface area contributed by atoms with Gasteiger partial charge < -0.3 is 10.2 Å². The van der Waals surface area contributed by atoms with Gasteiger partial charge in [0.2, 0.25) is 11.8 Å². The second kappa shape index (κ2) is 6.71. The number of benzene rings is 2. The summed E-state index contributed by atoms with van der Waals surface area (Å²) in [7, 11) is 0. The van der Waals surface area contributed by atoms with Crippen molar-refractivity contribution in [3.05, 3.63) is 58.7 Å². The van der Waals surface area contributed by atoms with Gasteiger partial charge in [0.05, 0.1) is 5.92 Å². The maximum absolute atomic E-state index is 12.7. The molecule has 130 valence electrons. The van der Waals surface area contributed by atoms with E-state index < -0.39 is 0 Å². The monoisotopic (exact) mass is 336 g/mol. The first kappa shape index (κ1) is 17.2. The van der Waals surface area contributed by atoms with Gasteiger partial charge >= 0.3 is 0 Å². The molecule has 1 atom stereocenters. The first-order valence-corrected chi connectivity index (χ1v) is 8.61. The van der Waals surface area contributed by atoms with Gasteiger partial charge in [0.25, 0.3) is 0 Å². The van der Waals surface area contributed by atoms with Gasteiger partial charge in [-0.2, -0.15) is 0 Å². The Balaban J connectivity index is 1.77. The number of aryl methyl sites for hydroxylation is 4. The van der Waals surface area contributed by atoms with Crippen LogP contribution in [0.3, 0.4) is 0 Å². The van der Waals surface area contributed by atoms with Crippen molar-refractivity contribution in [2.45, 2.75) is 34.1 Å². The predicted octanol–water partition coefficient (Wildman–Crippen LogP) is 3.91. The van der Waals surface area contributed by atoms with E-state index in [4.69, 9.17) is 0 Å². The first-order valence-electron chi connectivity index (χ1n) is 8.61. The molecule has 1 N–H and O–H groups in total. The van der Waals surface area contributed by atoms with Crippen molar-refractivity contribution in [1.82, 2.24) is 0 Å². The van der Waals surface area contributed by atoms with Crippen molar-refractivity contribution >= 4 is 23.2 Å². The van der Waals surface area contributed by atoms with Crippen LogP contribution in [0.15, 0.2) is 36.4 Å². The highest BCUT2D eigenvalue weighted by Gasteiger charge is 2.35. The fourth-order valence-electron chi connectivity index (χ4n) is 3.23. The SMILES string of the molecule is Cc1ccc(C)c(NC(=O)[C@@H]2CC(=O)N(c3cc(C)ccc3C)C2)c1. The fourth-order valence-corrected chi connectivity index (χ4v) is 3.23. The minimum atomic E-state index is -0.327. The van der Waals surface area contributed by atoms with Gasteiger partial charge in [-0.25, -0.2) is 0 Å². The molecule has 2 amide bonds. The van der Waals surface area contributed by atoms with Crippen LogP contribution in [0.5, 0.6) is 0 Å². The molecule has 3 rings (SSSR count). The maximum Gasteiger partial charge on any atom is 0.229 e. The van der Waals surface area contributed by atoms with Gasteiger partial charge in [-0.05, 0) is 62.1 Å². The molecule has 0 aromatic heterocycles. The van der Waals surface area contributed by atoms with Crippen molar-refractivity contribution in [1.29, 1.82) is 0 Å². The minimum absolute atomic E-state index is 0.00909. The number of nitrogens with one attached hydrogen (secondary N) is 1. The zero-order chi connectivity index (χ0) is 18.1.